The van der Waals surface area contributed by atoms with Crippen molar-refractivity contribution in [2.24, 2.45) is 0 Å². The largest absolute Gasteiger partial charge is 0.394 e. The minimum absolute atomic E-state index is 0.00122. The molecule has 0 bridgehead atoms. The molecule has 2 N–H and O–H groups in total. The highest BCUT2D eigenvalue weighted by Crippen LogP contribution is 2.33. The fourth-order valence-corrected chi connectivity index (χ4v) is 3.83. The first kappa shape index (κ1) is 16.2. The van der Waals surface area contributed by atoms with Gasteiger partial charge in [-0.15, -0.1) is 0 Å². The van der Waals surface area contributed by atoms with E-state index in [-0.39, 0.29) is 5.54 Å². The number of rotatable bonds is 7. The molecule has 0 amide bonds. The Hall–Kier alpha value is -0.160. The summed E-state index contributed by atoms with van der Waals surface area (Å²) in [5.74, 6) is 0. The van der Waals surface area contributed by atoms with E-state index in [2.05, 4.69) is 29.0 Å². The molecule has 0 radical (unpaired) electrons. The number of nitrogens with one attached hydrogen (secondary N) is 1. The molecule has 0 aromatic rings. The van der Waals surface area contributed by atoms with Gasteiger partial charge in [-0.3, -0.25) is 4.90 Å². The molecular weight excluding hydrogens is 250 g/mol. The lowest BCUT2D eigenvalue weighted by molar-refractivity contribution is 0.0883. The second-order valence-corrected chi connectivity index (χ2v) is 6.64. The van der Waals surface area contributed by atoms with Crippen molar-refractivity contribution in [1.82, 2.24) is 15.1 Å². The fraction of sp³-hybridized carbons (Fsp3) is 1.00. The molecule has 2 unspecified atom stereocenters. The van der Waals surface area contributed by atoms with Crippen molar-refractivity contribution >= 4 is 0 Å². The Kier molecular flexibility index (Phi) is 6.27. The third kappa shape index (κ3) is 3.94. The minimum atomic E-state index is 0.00122. The third-order valence-corrected chi connectivity index (χ3v) is 5.10. The number of aliphatic hydroxyl groups excluding tert-OH is 1. The van der Waals surface area contributed by atoms with Crippen LogP contribution in [-0.2, 0) is 0 Å². The van der Waals surface area contributed by atoms with Crippen molar-refractivity contribution in [1.29, 1.82) is 0 Å². The first-order chi connectivity index (χ1) is 9.73. The molecule has 0 aromatic carbocycles. The zero-order valence-electron chi connectivity index (χ0n) is 13.4. The summed E-state index contributed by atoms with van der Waals surface area (Å²) in [5.41, 5.74) is 0.00122. The summed E-state index contributed by atoms with van der Waals surface area (Å²) in [7, 11) is 0. The van der Waals surface area contributed by atoms with Crippen LogP contribution < -0.4 is 5.32 Å². The zero-order valence-corrected chi connectivity index (χ0v) is 13.4. The summed E-state index contributed by atoms with van der Waals surface area (Å²) in [4.78, 5) is 5.25. The Morgan fingerprint density at radius 3 is 2.50 bits per heavy atom. The van der Waals surface area contributed by atoms with Crippen molar-refractivity contribution < 1.29 is 5.11 Å². The number of hydrogen-bond acceptors (Lipinski definition) is 4. The minimum Gasteiger partial charge on any atom is -0.394 e. The van der Waals surface area contributed by atoms with Crippen LogP contribution in [0.1, 0.15) is 46.0 Å². The van der Waals surface area contributed by atoms with Crippen molar-refractivity contribution in [3.8, 4) is 0 Å². The Bertz CT molecular complexity index is 279. The van der Waals surface area contributed by atoms with E-state index in [1.54, 1.807) is 0 Å². The molecule has 4 heteroatoms. The smallest absolute Gasteiger partial charge is 0.0613 e. The fourth-order valence-electron chi connectivity index (χ4n) is 3.83. The third-order valence-electron chi connectivity index (χ3n) is 5.10. The lowest BCUT2D eigenvalue weighted by Crippen LogP contribution is -2.52. The van der Waals surface area contributed by atoms with Crippen LogP contribution in [0.4, 0.5) is 0 Å². The van der Waals surface area contributed by atoms with Crippen molar-refractivity contribution in [3.63, 3.8) is 0 Å². The van der Waals surface area contributed by atoms with Crippen LogP contribution in [0, 0.1) is 0 Å². The van der Waals surface area contributed by atoms with Gasteiger partial charge in [0.1, 0.15) is 0 Å². The van der Waals surface area contributed by atoms with Crippen LogP contribution in [0.3, 0.4) is 0 Å². The Morgan fingerprint density at radius 2 is 1.90 bits per heavy atom. The van der Waals surface area contributed by atoms with E-state index < -0.39 is 0 Å². The highest BCUT2D eigenvalue weighted by atomic mass is 16.3. The standard InChI is InChI=1S/C16H33N3O/c1-3-7-17-16(14-20)6-5-15(13-16)19-11-9-18(8-4-2)10-12-19/h15,17,20H,3-14H2,1-2H3. The first-order valence-corrected chi connectivity index (χ1v) is 8.55. The molecule has 1 aliphatic heterocycles. The van der Waals surface area contributed by atoms with Gasteiger partial charge in [0.05, 0.1) is 6.61 Å². The summed E-state index contributed by atoms with van der Waals surface area (Å²) in [6.45, 7) is 11.9. The van der Waals surface area contributed by atoms with Gasteiger partial charge in [-0.2, -0.15) is 0 Å². The van der Waals surface area contributed by atoms with Crippen molar-refractivity contribution in [3.05, 3.63) is 0 Å². The van der Waals surface area contributed by atoms with Crippen LogP contribution in [-0.4, -0.2) is 72.4 Å². The molecule has 2 fully saturated rings. The number of piperazine rings is 1. The molecule has 1 saturated carbocycles. The van der Waals surface area contributed by atoms with Crippen LogP contribution in [0.15, 0.2) is 0 Å². The molecule has 4 nitrogen and oxygen atoms in total. The summed E-state index contributed by atoms with van der Waals surface area (Å²) < 4.78 is 0. The van der Waals surface area contributed by atoms with E-state index in [4.69, 9.17) is 0 Å². The maximum absolute atomic E-state index is 9.78. The second kappa shape index (κ2) is 7.74. The lowest BCUT2D eigenvalue weighted by atomic mass is 9.98. The average Bonchev–Trinajstić information content (AvgIpc) is 2.91. The van der Waals surface area contributed by atoms with Gasteiger partial charge in [-0.25, -0.2) is 0 Å². The molecule has 1 aliphatic carbocycles. The summed E-state index contributed by atoms with van der Waals surface area (Å²) in [5, 5.41) is 13.4. The van der Waals surface area contributed by atoms with Crippen LogP contribution in [0.25, 0.3) is 0 Å². The quantitative estimate of drug-likeness (QED) is 0.739. The normalized spacial score (nSPS) is 32.9. The van der Waals surface area contributed by atoms with Gasteiger partial charge in [0.15, 0.2) is 0 Å². The maximum atomic E-state index is 9.78. The van der Waals surface area contributed by atoms with Gasteiger partial charge in [-0.05, 0) is 45.2 Å². The van der Waals surface area contributed by atoms with E-state index in [0.717, 1.165) is 25.8 Å². The summed E-state index contributed by atoms with van der Waals surface area (Å²) >= 11 is 0. The molecule has 0 aromatic heterocycles. The van der Waals surface area contributed by atoms with Crippen LogP contribution in [0.2, 0.25) is 0 Å². The van der Waals surface area contributed by atoms with Crippen LogP contribution >= 0.6 is 0 Å². The molecule has 20 heavy (non-hydrogen) atoms. The highest BCUT2D eigenvalue weighted by Gasteiger charge is 2.40. The van der Waals surface area contributed by atoms with Gasteiger partial charge < -0.3 is 15.3 Å². The molecule has 1 saturated heterocycles. The summed E-state index contributed by atoms with van der Waals surface area (Å²) in [6, 6.07) is 0.676. The average molecular weight is 283 g/mol. The lowest BCUT2D eigenvalue weighted by Gasteiger charge is -2.39. The monoisotopic (exact) mass is 283 g/mol. The predicted molar refractivity (Wildman–Crippen MR) is 84.1 cm³/mol. The number of hydrogen-bond donors (Lipinski definition) is 2. The molecule has 2 atom stereocenters. The van der Waals surface area contributed by atoms with E-state index >= 15 is 0 Å². The highest BCUT2D eigenvalue weighted by molar-refractivity contribution is 5.00. The number of aliphatic hydroxyl groups is 1. The summed E-state index contributed by atoms with van der Waals surface area (Å²) in [6.07, 6.45) is 5.89. The molecule has 0 spiro atoms. The van der Waals surface area contributed by atoms with E-state index in [9.17, 15) is 5.11 Å². The molecule has 2 rings (SSSR count). The molecule has 118 valence electrons. The first-order valence-electron chi connectivity index (χ1n) is 8.55. The van der Waals surface area contributed by atoms with E-state index in [1.807, 2.05) is 0 Å². The van der Waals surface area contributed by atoms with Gasteiger partial charge in [0.25, 0.3) is 0 Å². The SMILES string of the molecule is CCCNC1(CO)CCC(N2CCN(CCC)CC2)C1. The second-order valence-electron chi connectivity index (χ2n) is 6.64. The van der Waals surface area contributed by atoms with Crippen molar-refractivity contribution in [2.75, 3.05) is 45.9 Å². The number of nitrogens with zero attached hydrogens (tertiary/aromatic N) is 2. The zero-order chi connectivity index (χ0) is 14.4. The predicted octanol–water partition coefficient (Wildman–Crippen LogP) is 1.30. The molecule has 2 aliphatic rings. The maximum Gasteiger partial charge on any atom is 0.0613 e. The van der Waals surface area contributed by atoms with E-state index in [0.29, 0.717) is 12.6 Å². The Morgan fingerprint density at radius 1 is 1.15 bits per heavy atom. The molecule has 1 heterocycles. The van der Waals surface area contributed by atoms with E-state index in [1.165, 1.54) is 45.6 Å². The van der Waals surface area contributed by atoms with Crippen molar-refractivity contribution in [2.45, 2.75) is 57.5 Å². The Balaban J connectivity index is 1.80. The van der Waals surface area contributed by atoms with Gasteiger partial charge in [0.2, 0.25) is 0 Å². The Labute approximate surface area is 124 Å². The van der Waals surface area contributed by atoms with Crippen LogP contribution in [0.5, 0.6) is 0 Å². The van der Waals surface area contributed by atoms with Gasteiger partial charge in [-0.1, -0.05) is 13.8 Å². The van der Waals surface area contributed by atoms with Gasteiger partial charge in [0, 0.05) is 37.8 Å². The molecular formula is C16H33N3O. The topological polar surface area (TPSA) is 38.7 Å². The van der Waals surface area contributed by atoms with Gasteiger partial charge >= 0.3 is 0 Å².